The van der Waals surface area contributed by atoms with Crippen LogP contribution in [0.25, 0.3) is 0 Å². The molecule has 0 aliphatic rings. The summed E-state index contributed by atoms with van der Waals surface area (Å²) in [5, 5.41) is 1.18. The summed E-state index contributed by atoms with van der Waals surface area (Å²) < 4.78 is 1.45. The molecule has 2 aromatic carbocycles. The average molecular weight is 384 g/mol. The molecule has 0 fully saturated rings. The SMILES string of the molecule is [Se]=C(SCc1ccccc1)[Se]Cc1ccccc1. The molecule has 0 amide bonds. The minimum atomic E-state index is 0.542. The van der Waals surface area contributed by atoms with Crippen LogP contribution in [0.15, 0.2) is 60.7 Å². The van der Waals surface area contributed by atoms with Crippen LogP contribution in [0, 0.1) is 0 Å². The van der Waals surface area contributed by atoms with E-state index >= 15 is 0 Å². The topological polar surface area (TPSA) is 0 Å². The zero-order valence-corrected chi connectivity index (χ0v) is 14.2. The van der Waals surface area contributed by atoms with Crippen molar-refractivity contribution in [2.75, 3.05) is 0 Å². The summed E-state index contributed by atoms with van der Waals surface area (Å²) in [4.78, 5) is 0. The van der Waals surface area contributed by atoms with Gasteiger partial charge in [0.2, 0.25) is 0 Å². The van der Waals surface area contributed by atoms with Crippen LogP contribution < -0.4 is 0 Å². The summed E-state index contributed by atoms with van der Waals surface area (Å²) >= 11 is 5.71. The van der Waals surface area contributed by atoms with Gasteiger partial charge in [0.15, 0.2) is 0 Å². The van der Waals surface area contributed by atoms with Crippen molar-refractivity contribution in [2.24, 2.45) is 0 Å². The number of thioether (sulfide) groups is 1. The van der Waals surface area contributed by atoms with E-state index in [0.29, 0.717) is 15.0 Å². The zero-order valence-electron chi connectivity index (χ0n) is 9.91. The number of hydrogen-bond acceptors (Lipinski definition) is 1. The second-order valence-corrected chi connectivity index (χ2v) is 10.2. The Labute approximate surface area is 127 Å². The predicted molar refractivity (Wildman–Crippen MR) is 84.4 cm³/mol. The van der Waals surface area contributed by atoms with Crippen molar-refractivity contribution < 1.29 is 0 Å². The third-order valence-corrected chi connectivity index (χ3v) is 7.99. The zero-order chi connectivity index (χ0) is 12.6. The van der Waals surface area contributed by atoms with Crippen LogP contribution in [0.3, 0.4) is 0 Å². The van der Waals surface area contributed by atoms with Crippen LogP contribution in [0.4, 0.5) is 0 Å². The molecule has 0 heterocycles. The van der Waals surface area contributed by atoms with Crippen LogP contribution in [-0.4, -0.2) is 33.2 Å². The molecule has 2 rings (SSSR count). The summed E-state index contributed by atoms with van der Waals surface area (Å²) in [6, 6.07) is 21.3. The van der Waals surface area contributed by atoms with Crippen LogP contribution >= 0.6 is 11.8 Å². The Bertz CT molecular complexity index is 437. The van der Waals surface area contributed by atoms with Crippen LogP contribution in [0.2, 0.25) is 0 Å². The third-order valence-electron chi connectivity index (χ3n) is 2.40. The molecule has 0 aliphatic carbocycles. The van der Waals surface area contributed by atoms with Crippen molar-refractivity contribution in [2.45, 2.75) is 11.1 Å². The second-order valence-electron chi connectivity index (χ2n) is 3.80. The van der Waals surface area contributed by atoms with E-state index < -0.39 is 0 Å². The molecule has 0 bridgehead atoms. The number of rotatable bonds is 6. The normalized spacial score (nSPS) is 10.2. The molecule has 0 saturated carbocycles. The molecule has 2 aromatic rings. The van der Waals surface area contributed by atoms with Gasteiger partial charge in [0.25, 0.3) is 0 Å². The van der Waals surface area contributed by atoms with Gasteiger partial charge in [0, 0.05) is 0 Å². The molecule has 18 heavy (non-hydrogen) atoms. The minimum absolute atomic E-state index is 0.542. The fraction of sp³-hybridized carbons (Fsp3) is 0.133. The Kier molecular flexibility index (Phi) is 6.26. The maximum atomic E-state index is 3.22. The van der Waals surface area contributed by atoms with E-state index in [-0.39, 0.29) is 0 Å². The fourth-order valence-electron chi connectivity index (χ4n) is 1.47. The first-order chi connectivity index (χ1) is 8.84. The molecular formula is C15H14SSe2. The van der Waals surface area contributed by atoms with Gasteiger partial charge in [0.1, 0.15) is 0 Å². The first kappa shape index (κ1) is 14.1. The van der Waals surface area contributed by atoms with E-state index in [2.05, 4.69) is 76.2 Å². The van der Waals surface area contributed by atoms with Gasteiger partial charge in [-0.05, 0) is 0 Å². The Hall–Kier alpha value is -0.301. The number of hydrogen-bond donors (Lipinski definition) is 0. The molecule has 0 radical (unpaired) electrons. The summed E-state index contributed by atoms with van der Waals surface area (Å²) in [5.41, 5.74) is 2.83. The molecule has 0 spiro atoms. The molecule has 0 aliphatic heterocycles. The second kappa shape index (κ2) is 7.99. The summed E-state index contributed by atoms with van der Waals surface area (Å²) in [6.07, 6.45) is 0. The van der Waals surface area contributed by atoms with Gasteiger partial charge in [-0.1, -0.05) is 0 Å². The standard InChI is InChI=1S/C15H14SSe2/c17-15(16-11-13-7-3-1-4-8-13)18-12-14-9-5-2-6-10-14/h1-10H,11-12H2. The molecular weight excluding hydrogens is 370 g/mol. The Balaban J connectivity index is 1.73. The van der Waals surface area contributed by atoms with E-state index in [1.54, 1.807) is 0 Å². The van der Waals surface area contributed by atoms with E-state index in [1.807, 2.05) is 11.8 Å². The summed E-state index contributed by atoms with van der Waals surface area (Å²) in [6.45, 7) is 0. The van der Waals surface area contributed by atoms with Gasteiger partial charge in [-0.3, -0.25) is 0 Å². The van der Waals surface area contributed by atoms with Crippen molar-refractivity contribution in [3.8, 4) is 0 Å². The van der Waals surface area contributed by atoms with Gasteiger partial charge < -0.3 is 0 Å². The van der Waals surface area contributed by atoms with Gasteiger partial charge in [-0.15, -0.1) is 0 Å². The van der Waals surface area contributed by atoms with E-state index in [9.17, 15) is 0 Å². The molecule has 0 nitrogen and oxygen atoms in total. The molecule has 3 heteroatoms. The fourth-order valence-corrected chi connectivity index (χ4v) is 5.25. The Morgan fingerprint density at radius 3 is 2.06 bits per heavy atom. The molecule has 0 atom stereocenters. The van der Waals surface area contributed by atoms with Crippen LogP contribution in [-0.2, 0) is 11.1 Å². The van der Waals surface area contributed by atoms with Gasteiger partial charge >= 0.3 is 128 Å². The molecule has 0 saturated heterocycles. The van der Waals surface area contributed by atoms with Gasteiger partial charge in [0.05, 0.1) is 0 Å². The Morgan fingerprint density at radius 2 is 1.44 bits per heavy atom. The van der Waals surface area contributed by atoms with E-state index in [0.717, 1.165) is 5.75 Å². The Morgan fingerprint density at radius 1 is 0.889 bits per heavy atom. The summed E-state index contributed by atoms with van der Waals surface area (Å²) in [7, 11) is 0. The molecule has 92 valence electrons. The van der Waals surface area contributed by atoms with Crippen molar-refractivity contribution in [1.29, 1.82) is 0 Å². The first-order valence-electron chi connectivity index (χ1n) is 5.72. The van der Waals surface area contributed by atoms with Crippen molar-refractivity contribution in [3.05, 3.63) is 71.8 Å². The summed E-state index contributed by atoms with van der Waals surface area (Å²) in [5.74, 6) is 1.07. The van der Waals surface area contributed by atoms with Crippen LogP contribution in [0.1, 0.15) is 11.1 Å². The van der Waals surface area contributed by atoms with Gasteiger partial charge in [-0.2, -0.15) is 0 Å². The van der Waals surface area contributed by atoms with Gasteiger partial charge in [-0.25, -0.2) is 0 Å². The molecule has 0 N–H and O–H groups in total. The monoisotopic (exact) mass is 386 g/mol. The van der Waals surface area contributed by atoms with Crippen molar-refractivity contribution in [1.82, 2.24) is 0 Å². The number of benzene rings is 2. The van der Waals surface area contributed by atoms with Crippen molar-refractivity contribution >= 4 is 44.9 Å². The van der Waals surface area contributed by atoms with E-state index in [1.165, 1.54) is 19.1 Å². The first-order valence-corrected chi connectivity index (χ1v) is 9.63. The molecule has 0 aromatic heterocycles. The van der Waals surface area contributed by atoms with Crippen molar-refractivity contribution in [3.63, 3.8) is 0 Å². The maximum absolute atomic E-state index is 3.22. The van der Waals surface area contributed by atoms with E-state index in [4.69, 9.17) is 0 Å². The van der Waals surface area contributed by atoms with Crippen LogP contribution in [0.5, 0.6) is 0 Å². The third kappa shape index (κ3) is 5.14. The molecule has 0 unspecified atom stereocenters. The predicted octanol–water partition coefficient (Wildman–Crippen LogP) is 3.08. The average Bonchev–Trinajstić information content (AvgIpc) is 2.45. The quantitative estimate of drug-likeness (QED) is 0.690.